The summed E-state index contributed by atoms with van der Waals surface area (Å²) in [4.78, 5) is 33.1. The molecule has 7 heteroatoms. The number of thioether (sulfide) groups is 1. The summed E-state index contributed by atoms with van der Waals surface area (Å²) in [6, 6.07) is -1.11. The van der Waals surface area contributed by atoms with Crippen molar-refractivity contribution in [1.82, 2.24) is 5.32 Å². The first-order valence-electron chi connectivity index (χ1n) is 5.87. The Balaban J connectivity index is 2.46. The predicted octanol–water partition coefficient (Wildman–Crippen LogP) is 0.706. The van der Waals surface area contributed by atoms with Crippen LogP contribution in [0, 0.1) is 0 Å². The largest absolute Gasteiger partial charge is 0.481 e. The van der Waals surface area contributed by atoms with Gasteiger partial charge in [-0.15, -0.1) is 11.8 Å². The fourth-order valence-electron chi connectivity index (χ4n) is 1.74. The maximum absolute atomic E-state index is 11.8. The first kappa shape index (κ1) is 14.8. The summed E-state index contributed by atoms with van der Waals surface area (Å²) >= 11 is 1.53. The fraction of sp³-hybridized carbons (Fsp3) is 0.727. The van der Waals surface area contributed by atoms with Crippen LogP contribution in [-0.4, -0.2) is 45.1 Å². The molecule has 0 aliphatic carbocycles. The Morgan fingerprint density at radius 1 is 1.28 bits per heavy atom. The van der Waals surface area contributed by atoms with E-state index >= 15 is 0 Å². The molecule has 18 heavy (non-hydrogen) atoms. The lowest BCUT2D eigenvalue weighted by molar-refractivity contribution is -0.143. The van der Waals surface area contributed by atoms with E-state index in [4.69, 9.17) is 10.2 Å². The van der Waals surface area contributed by atoms with Crippen LogP contribution in [0.3, 0.4) is 0 Å². The molecule has 3 N–H and O–H groups in total. The summed E-state index contributed by atoms with van der Waals surface area (Å²) in [6.07, 6.45) is 2.44. The number of carboxylic acids is 2. The maximum atomic E-state index is 11.8. The lowest BCUT2D eigenvalue weighted by Gasteiger charge is -2.22. The van der Waals surface area contributed by atoms with Gasteiger partial charge in [-0.05, 0) is 25.0 Å². The molecule has 0 radical (unpaired) electrons. The molecule has 1 aliphatic heterocycles. The average molecular weight is 275 g/mol. The minimum atomic E-state index is -1.19. The van der Waals surface area contributed by atoms with Crippen LogP contribution in [0.5, 0.6) is 0 Å². The van der Waals surface area contributed by atoms with E-state index in [-0.39, 0.29) is 24.0 Å². The molecular formula is C11H17NO5S. The normalized spacial score (nSPS) is 21.0. The number of carbonyl (C=O) groups excluding carboxylic acids is 1. The van der Waals surface area contributed by atoms with E-state index in [1.807, 2.05) is 0 Å². The molecular weight excluding hydrogens is 258 g/mol. The van der Waals surface area contributed by atoms with Crippen molar-refractivity contribution >= 4 is 29.6 Å². The van der Waals surface area contributed by atoms with Gasteiger partial charge in [0.25, 0.3) is 0 Å². The van der Waals surface area contributed by atoms with Gasteiger partial charge < -0.3 is 15.5 Å². The molecule has 1 aliphatic rings. The van der Waals surface area contributed by atoms with E-state index in [1.165, 1.54) is 11.8 Å². The molecule has 102 valence electrons. The van der Waals surface area contributed by atoms with E-state index in [1.54, 1.807) is 0 Å². The second kappa shape index (κ2) is 7.25. The smallest absolute Gasteiger partial charge is 0.326 e. The van der Waals surface area contributed by atoms with Crippen LogP contribution in [0.25, 0.3) is 0 Å². The molecule has 0 bridgehead atoms. The van der Waals surface area contributed by atoms with Gasteiger partial charge in [-0.3, -0.25) is 9.59 Å². The Kier molecular flexibility index (Phi) is 5.97. The van der Waals surface area contributed by atoms with Crippen LogP contribution < -0.4 is 5.32 Å². The zero-order valence-corrected chi connectivity index (χ0v) is 10.7. The van der Waals surface area contributed by atoms with Crippen LogP contribution in [-0.2, 0) is 14.4 Å². The number of rotatable bonds is 6. The lowest BCUT2D eigenvalue weighted by Crippen LogP contribution is -2.45. The molecule has 0 aromatic carbocycles. The number of amides is 1. The quantitative estimate of drug-likeness (QED) is 0.659. The van der Waals surface area contributed by atoms with Gasteiger partial charge in [-0.2, -0.15) is 0 Å². The summed E-state index contributed by atoms with van der Waals surface area (Å²) in [6.45, 7) is 0. The van der Waals surface area contributed by atoms with Crippen LogP contribution in [0.4, 0.5) is 0 Å². The van der Waals surface area contributed by atoms with Crippen LogP contribution in [0.15, 0.2) is 0 Å². The number of carbonyl (C=O) groups is 3. The van der Waals surface area contributed by atoms with E-state index in [9.17, 15) is 14.4 Å². The SMILES string of the molecule is O=C(O)CCC(NC(=O)C1CCCCS1)C(=O)O. The van der Waals surface area contributed by atoms with Crippen molar-refractivity contribution in [3.63, 3.8) is 0 Å². The second-order valence-electron chi connectivity index (χ2n) is 4.19. The number of carboxylic acid groups (broad SMARTS) is 2. The highest BCUT2D eigenvalue weighted by Crippen LogP contribution is 2.25. The minimum Gasteiger partial charge on any atom is -0.481 e. The lowest BCUT2D eigenvalue weighted by atomic mass is 10.1. The molecule has 1 heterocycles. The topological polar surface area (TPSA) is 104 Å². The Morgan fingerprint density at radius 3 is 2.50 bits per heavy atom. The molecule has 0 saturated carbocycles. The molecule has 6 nitrogen and oxygen atoms in total. The molecule has 1 saturated heterocycles. The van der Waals surface area contributed by atoms with Crippen molar-refractivity contribution in [2.75, 3.05) is 5.75 Å². The van der Waals surface area contributed by atoms with Crippen molar-refractivity contribution in [2.45, 2.75) is 43.4 Å². The number of hydrogen-bond donors (Lipinski definition) is 3. The van der Waals surface area contributed by atoms with E-state index < -0.39 is 18.0 Å². The molecule has 0 aromatic heterocycles. The van der Waals surface area contributed by atoms with Gasteiger partial charge in [0, 0.05) is 6.42 Å². The van der Waals surface area contributed by atoms with Gasteiger partial charge in [0.1, 0.15) is 6.04 Å². The van der Waals surface area contributed by atoms with Gasteiger partial charge >= 0.3 is 11.9 Å². The predicted molar refractivity (Wildman–Crippen MR) is 66.5 cm³/mol. The highest BCUT2D eigenvalue weighted by Gasteiger charge is 2.27. The number of nitrogens with one attached hydrogen (secondary N) is 1. The van der Waals surface area contributed by atoms with Crippen molar-refractivity contribution < 1.29 is 24.6 Å². The van der Waals surface area contributed by atoms with Crippen LogP contribution in [0.1, 0.15) is 32.1 Å². The molecule has 1 fully saturated rings. The first-order valence-corrected chi connectivity index (χ1v) is 6.92. The van der Waals surface area contributed by atoms with Gasteiger partial charge in [0.2, 0.25) is 5.91 Å². The summed E-state index contributed by atoms with van der Waals surface area (Å²) in [5, 5.41) is 19.7. The summed E-state index contributed by atoms with van der Waals surface area (Å²) in [5.41, 5.74) is 0. The van der Waals surface area contributed by atoms with Gasteiger partial charge in [0.15, 0.2) is 0 Å². The highest BCUT2D eigenvalue weighted by atomic mass is 32.2. The van der Waals surface area contributed by atoms with Crippen molar-refractivity contribution in [2.24, 2.45) is 0 Å². The maximum Gasteiger partial charge on any atom is 0.326 e. The van der Waals surface area contributed by atoms with Crippen LogP contribution in [0.2, 0.25) is 0 Å². The second-order valence-corrected chi connectivity index (χ2v) is 5.50. The van der Waals surface area contributed by atoms with E-state index in [2.05, 4.69) is 5.32 Å². The zero-order chi connectivity index (χ0) is 13.5. The molecule has 1 rings (SSSR count). The molecule has 2 atom stereocenters. The van der Waals surface area contributed by atoms with Crippen LogP contribution >= 0.6 is 11.8 Å². The minimum absolute atomic E-state index is 0.0895. The van der Waals surface area contributed by atoms with E-state index in [0.29, 0.717) is 0 Å². The summed E-state index contributed by atoms with van der Waals surface area (Å²) in [7, 11) is 0. The third-order valence-corrected chi connectivity index (χ3v) is 4.11. The third-order valence-electron chi connectivity index (χ3n) is 2.73. The average Bonchev–Trinajstić information content (AvgIpc) is 2.34. The van der Waals surface area contributed by atoms with Crippen molar-refractivity contribution in [1.29, 1.82) is 0 Å². The Morgan fingerprint density at radius 2 is 2.00 bits per heavy atom. The third kappa shape index (κ3) is 4.95. The zero-order valence-electron chi connectivity index (χ0n) is 9.92. The Hall–Kier alpha value is -1.24. The van der Waals surface area contributed by atoms with E-state index in [0.717, 1.165) is 25.0 Å². The molecule has 1 amide bonds. The van der Waals surface area contributed by atoms with Gasteiger partial charge in [-0.1, -0.05) is 6.42 Å². The summed E-state index contributed by atoms with van der Waals surface area (Å²) < 4.78 is 0. The standard InChI is InChI=1S/C11H17NO5S/c13-9(14)5-4-7(11(16)17)12-10(15)8-3-1-2-6-18-8/h7-8H,1-6H2,(H,12,15)(H,13,14)(H,16,17). The molecule has 0 aromatic rings. The number of aliphatic carboxylic acids is 2. The Labute approximate surface area is 109 Å². The highest BCUT2D eigenvalue weighted by molar-refractivity contribution is 8.00. The van der Waals surface area contributed by atoms with Crippen molar-refractivity contribution in [3.05, 3.63) is 0 Å². The van der Waals surface area contributed by atoms with Crippen molar-refractivity contribution in [3.8, 4) is 0 Å². The summed E-state index contributed by atoms with van der Waals surface area (Å²) in [5.74, 6) is -1.64. The van der Waals surface area contributed by atoms with Gasteiger partial charge in [-0.25, -0.2) is 4.79 Å². The molecule has 0 spiro atoms. The molecule has 2 unspecified atom stereocenters. The van der Waals surface area contributed by atoms with Gasteiger partial charge in [0.05, 0.1) is 5.25 Å². The first-order chi connectivity index (χ1) is 8.50. The monoisotopic (exact) mass is 275 g/mol. The number of hydrogen-bond acceptors (Lipinski definition) is 4. The Bertz CT molecular complexity index is 327. The fourth-order valence-corrected chi connectivity index (χ4v) is 2.95.